The molecule has 0 fully saturated rings. The minimum atomic E-state index is -4.53. The molecule has 1 N–H and O–H groups in total. The molecule has 0 bridgehead atoms. The van der Waals surface area contributed by atoms with Crippen LogP contribution in [0.25, 0.3) is 11.1 Å². The zero-order valence-electron chi connectivity index (χ0n) is 30.4. The van der Waals surface area contributed by atoms with E-state index in [1.165, 1.54) is 48.5 Å². The summed E-state index contributed by atoms with van der Waals surface area (Å²) < 4.78 is 61.2. The van der Waals surface area contributed by atoms with E-state index in [1.54, 1.807) is 71.0 Å². The Balaban J connectivity index is 1.62. The van der Waals surface area contributed by atoms with Crippen molar-refractivity contribution in [2.24, 2.45) is 5.41 Å². The molecular weight excluding hydrogens is 707 g/mol. The molecule has 0 saturated heterocycles. The molecule has 0 radical (unpaired) electrons. The quantitative estimate of drug-likeness (QED) is 0.0631. The largest absolute Gasteiger partial charge is 0.465 e. The number of hydrogen-bond acceptors (Lipinski definition) is 9. The molecule has 0 aliphatic heterocycles. The van der Waals surface area contributed by atoms with E-state index < -0.39 is 65.4 Å². The van der Waals surface area contributed by atoms with Gasteiger partial charge in [-0.05, 0) is 87.2 Å². The van der Waals surface area contributed by atoms with Crippen molar-refractivity contribution in [3.05, 3.63) is 119 Å². The third kappa shape index (κ3) is 9.71. The van der Waals surface area contributed by atoms with Gasteiger partial charge in [0.15, 0.2) is 5.75 Å². The molecule has 4 rings (SSSR count). The van der Waals surface area contributed by atoms with E-state index in [1.807, 2.05) is 0 Å². The fraction of sp³-hybridized carbons (Fsp3) is 0.293. The molecule has 0 saturated carbocycles. The highest BCUT2D eigenvalue weighted by Gasteiger charge is 2.52. The zero-order chi connectivity index (χ0) is 39.7. The maximum atomic E-state index is 13.7. The van der Waals surface area contributed by atoms with Gasteiger partial charge in [0.05, 0.1) is 36.3 Å². The molecule has 0 atom stereocenters. The molecule has 10 nitrogen and oxygen atoms in total. The number of esters is 4. The van der Waals surface area contributed by atoms with Crippen LogP contribution >= 0.6 is 0 Å². The Morgan fingerprint density at radius 1 is 0.667 bits per heavy atom. The van der Waals surface area contributed by atoms with Crippen LogP contribution in [0.2, 0.25) is 0 Å². The number of hydrogen-bond donors (Lipinski definition) is 1. The fourth-order valence-corrected chi connectivity index (χ4v) is 5.24. The van der Waals surface area contributed by atoms with Crippen molar-refractivity contribution < 1.29 is 56.1 Å². The normalized spacial score (nSPS) is 11.6. The maximum Gasteiger partial charge on any atom is 0.416 e. The van der Waals surface area contributed by atoms with Gasteiger partial charge in [-0.15, -0.1) is 0 Å². The monoisotopic (exact) mass is 747 g/mol. The number of anilines is 1. The van der Waals surface area contributed by atoms with Crippen molar-refractivity contribution >= 4 is 35.5 Å². The number of carbonyl (C=O) groups excluding carboxylic acids is 5. The lowest BCUT2D eigenvalue weighted by molar-refractivity contribution is -0.170. The van der Waals surface area contributed by atoms with Gasteiger partial charge in [-0.25, -0.2) is 0 Å². The van der Waals surface area contributed by atoms with Crippen molar-refractivity contribution in [3.63, 3.8) is 0 Å². The Morgan fingerprint density at radius 3 is 1.83 bits per heavy atom. The van der Waals surface area contributed by atoms with Crippen LogP contribution < -0.4 is 10.1 Å². The number of carbonyl (C=O) groups is 5. The average Bonchev–Trinajstić information content (AvgIpc) is 3.13. The van der Waals surface area contributed by atoms with Crippen LogP contribution in [-0.4, -0.2) is 49.6 Å². The predicted molar refractivity (Wildman–Crippen MR) is 192 cm³/mol. The van der Waals surface area contributed by atoms with Gasteiger partial charge >= 0.3 is 30.1 Å². The summed E-state index contributed by atoms with van der Waals surface area (Å²) >= 11 is 0. The number of alkyl halides is 3. The Morgan fingerprint density at radius 2 is 1.26 bits per heavy atom. The van der Waals surface area contributed by atoms with Crippen molar-refractivity contribution in [3.8, 4) is 16.9 Å². The van der Waals surface area contributed by atoms with Gasteiger partial charge in [-0.3, -0.25) is 24.0 Å². The first kappa shape index (κ1) is 40.8. The molecule has 0 heterocycles. The Labute approximate surface area is 310 Å². The summed E-state index contributed by atoms with van der Waals surface area (Å²) in [5.41, 5.74) is -2.52. The second-order valence-electron chi connectivity index (χ2n) is 13.1. The molecule has 4 aromatic rings. The molecule has 54 heavy (non-hydrogen) atoms. The molecule has 13 heteroatoms. The lowest BCUT2D eigenvalue weighted by atomic mass is 9.81. The number of ether oxygens (including phenoxy) is 4. The molecule has 4 aromatic carbocycles. The summed E-state index contributed by atoms with van der Waals surface area (Å²) in [5.74, 6) is -4.17. The van der Waals surface area contributed by atoms with Gasteiger partial charge in [-0.2, -0.15) is 13.2 Å². The van der Waals surface area contributed by atoms with Crippen molar-refractivity contribution in [2.45, 2.75) is 52.6 Å². The average molecular weight is 748 g/mol. The van der Waals surface area contributed by atoms with Gasteiger partial charge in [0.2, 0.25) is 5.41 Å². The van der Waals surface area contributed by atoms with E-state index in [2.05, 4.69) is 5.32 Å². The van der Waals surface area contributed by atoms with Crippen LogP contribution in [-0.2, 0) is 51.4 Å². The second kappa shape index (κ2) is 17.2. The van der Waals surface area contributed by atoms with E-state index >= 15 is 0 Å². The number of rotatable bonds is 13. The highest BCUT2D eigenvalue weighted by molar-refractivity contribution is 6.09. The first-order chi connectivity index (χ1) is 25.5. The summed E-state index contributed by atoms with van der Waals surface area (Å²) in [6.07, 6.45) is -4.93. The van der Waals surface area contributed by atoms with Gasteiger partial charge in [0.1, 0.15) is 6.61 Å². The van der Waals surface area contributed by atoms with Crippen LogP contribution in [0.3, 0.4) is 0 Å². The third-order valence-electron chi connectivity index (χ3n) is 8.12. The molecule has 0 aliphatic rings. The first-order valence-electron chi connectivity index (χ1n) is 17.0. The summed E-state index contributed by atoms with van der Waals surface area (Å²) in [6, 6.07) is 22.9. The van der Waals surface area contributed by atoms with Crippen LogP contribution in [0.1, 0.15) is 61.7 Å². The molecular formula is C41H40F3NO9. The highest BCUT2D eigenvalue weighted by atomic mass is 19.4. The van der Waals surface area contributed by atoms with Crippen LogP contribution in [0.5, 0.6) is 5.75 Å². The summed E-state index contributed by atoms with van der Waals surface area (Å²) in [7, 11) is 0. The van der Waals surface area contributed by atoms with Crippen molar-refractivity contribution in [1.29, 1.82) is 0 Å². The topological polar surface area (TPSA) is 134 Å². The molecule has 0 spiro atoms. The highest BCUT2D eigenvalue weighted by Crippen LogP contribution is 2.34. The molecule has 0 aromatic heterocycles. The third-order valence-corrected chi connectivity index (χ3v) is 8.12. The summed E-state index contributed by atoms with van der Waals surface area (Å²) in [5, 5.41) is 2.71. The number of benzene rings is 4. The lowest BCUT2D eigenvalue weighted by Crippen LogP contribution is -2.50. The smallest absolute Gasteiger partial charge is 0.416 e. The van der Waals surface area contributed by atoms with Gasteiger partial charge in [0.25, 0.3) is 5.91 Å². The SMILES string of the molecule is CCOC(=O)C(COC(=O)Cc1ccc(NC(=O)c2ccccc2-c2ccc(C(F)(F)F)cc2)c(OC(=O)C(C)(C)C)c1)(C(=O)OCC)c1ccccc1. The van der Waals surface area contributed by atoms with Gasteiger partial charge < -0.3 is 24.3 Å². The zero-order valence-corrected chi connectivity index (χ0v) is 30.4. The predicted octanol–water partition coefficient (Wildman–Crippen LogP) is 7.73. The lowest BCUT2D eigenvalue weighted by Gasteiger charge is -2.29. The number of nitrogens with one attached hydrogen (secondary N) is 1. The molecule has 0 unspecified atom stereocenters. The first-order valence-corrected chi connectivity index (χ1v) is 17.0. The van der Waals surface area contributed by atoms with E-state index in [4.69, 9.17) is 18.9 Å². The number of amides is 1. The van der Waals surface area contributed by atoms with Crippen molar-refractivity contribution in [2.75, 3.05) is 25.1 Å². The summed E-state index contributed by atoms with van der Waals surface area (Å²) in [4.78, 5) is 66.6. The maximum absolute atomic E-state index is 13.7. The second-order valence-corrected chi connectivity index (χ2v) is 13.1. The number of halogens is 3. The van der Waals surface area contributed by atoms with Gasteiger partial charge in [-0.1, -0.05) is 66.7 Å². The molecule has 0 aliphatic carbocycles. The minimum Gasteiger partial charge on any atom is -0.465 e. The Hall–Kier alpha value is -5.98. The van der Waals surface area contributed by atoms with Crippen LogP contribution in [0.15, 0.2) is 97.1 Å². The minimum absolute atomic E-state index is 0.0552. The van der Waals surface area contributed by atoms with E-state index in [0.717, 1.165) is 12.1 Å². The molecule has 284 valence electrons. The summed E-state index contributed by atoms with van der Waals surface area (Å²) in [6.45, 7) is 7.17. The Bertz CT molecular complexity index is 1970. The van der Waals surface area contributed by atoms with Crippen LogP contribution in [0, 0.1) is 5.41 Å². The van der Waals surface area contributed by atoms with Crippen molar-refractivity contribution in [1.82, 2.24) is 0 Å². The van der Waals surface area contributed by atoms with Crippen LogP contribution in [0.4, 0.5) is 18.9 Å². The fourth-order valence-electron chi connectivity index (χ4n) is 5.24. The Kier molecular flexibility index (Phi) is 13.0. The van der Waals surface area contributed by atoms with E-state index in [9.17, 15) is 37.1 Å². The standard InChI is InChI=1S/C41H40F3NO9/c1-6-51-37(49)40(38(50)52-7-2,28-13-9-8-10-14-28)25-53-34(46)24-26-17-22-32(33(23-26)54-36(48)39(3,4)5)45-35(47)31-16-12-11-15-30(31)27-18-20-29(21-19-27)41(42,43)44/h8-23H,6-7,24-25H2,1-5H3,(H,45,47). The van der Waals surface area contributed by atoms with E-state index in [0.29, 0.717) is 11.1 Å². The molecule has 1 amide bonds. The van der Waals surface area contributed by atoms with Gasteiger partial charge in [0, 0.05) is 5.56 Å². The van der Waals surface area contributed by atoms with E-state index in [-0.39, 0.29) is 41.3 Å².